The monoisotopic (exact) mass is 414 g/mol. The van der Waals surface area contributed by atoms with Crippen LogP contribution in [0.3, 0.4) is 0 Å². The number of rotatable bonds is 7. The quantitative estimate of drug-likeness (QED) is 0.416. The second kappa shape index (κ2) is 9.09. The zero-order valence-electron chi connectivity index (χ0n) is 15.3. The number of ketones is 1. The van der Waals surface area contributed by atoms with Gasteiger partial charge in [0.2, 0.25) is 6.54 Å². The lowest BCUT2D eigenvalue weighted by atomic mass is 9.88. The minimum Gasteiger partial charge on any atom is -0.453 e. The van der Waals surface area contributed by atoms with Gasteiger partial charge in [-0.2, -0.15) is 0 Å². The van der Waals surface area contributed by atoms with Gasteiger partial charge >= 0.3 is 5.97 Å². The first-order valence-electron chi connectivity index (χ1n) is 8.68. The van der Waals surface area contributed by atoms with Crippen LogP contribution in [0.4, 0.5) is 10.1 Å². The third-order valence-electron chi connectivity index (χ3n) is 4.80. The first-order chi connectivity index (χ1) is 13.1. The average Bonchev–Trinajstić information content (AvgIpc) is 2.84. The van der Waals surface area contributed by atoms with E-state index in [0.717, 1.165) is 6.07 Å². The first kappa shape index (κ1) is 21.7. The lowest BCUT2D eigenvalue weighted by Crippen LogP contribution is -2.32. The summed E-state index contributed by atoms with van der Waals surface area (Å²) >= 11 is 5.64. The summed E-state index contributed by atoms with van der Waals surface area (Å²) in [4.78, 5) is 46.7. The van der Waals surface area contributed by atoms with E-state index in [1.165, 1.54) is 19.1 Å². The van der Waals surface area contributed by atoms with Gasteiger partial charge in [0.1, 0.15) is 11.6 Å². The minimum absolute atomic E-state index is 0.173. The van der Waals surface area contributed by atoms with Gasteiger partial charge in [-0.25, -0.2) is 4.39 Å². The molecule has 8 nitrogen and oxygen atoms in total. The molecule has 10 heteroatoms. The third kappa shape index (κ3) is 5.48. The topological polar surface area (TPSA) is 116 Å². The van der Waals surface area contributed by atoms with Crippen molar-refractivity contribution in [2.24, 2.45) is 17.8 Å². The zero-order valence-corrected chi connectivity index (χ0v) is 16.1. The van der Waals surface area contributed by atoms with E-state index in [1.54, 1.807) is 6.92 Å². The van der Waals surface area contributed by atoms with Crippen LogP contribution in [0, 0.1) is 33.7 Å². The van der Waals surface area contributed by atoms with E-state index in [-0.39, 0.29) is 35.3 Å². The minimum atomic E-state index is -1.18. The van der Waals surface area contributed by atoms with Gasteiger partial charge in [0.05, 0.1) is 11.4 Å². The van der Waals surface area contributed by atoms with Crippen molar-refractivity contribution < 1.29 is 28.4 Å². The summed E-state index contributed by atoms with van der Waals surface area (Å²) in [7, 11) is 0. The van der Waals surface area contributed by atoms with Crippen LogP contribution >= 0.6 is 11.6 Å². The van der Waals surface area contributed by atoms with Gasteiger partial charge in [-0.1, -0.05) is 18.5 Å². The molecule has 0 aromatic heterocycles. The Bertz CT molecular complexity index is 802. The van der Waals surface area contributed by atoms with Crippen molar-refractivity contribution in [1.82, 2.24) is 0 Å². The fraction of sp³-hybridized carbons (Fsp3) is 0.500. The summed E-state index contributed by atoms with van der Waals surface area (Å²) in [6.07, 6.45) is -1.32. The van der Waals surface area contributed by atoms with E-state index in [1.807, 2.05) is 0 Å². The molecule has 0 heterocycles. The Morgan fingerprint density at radius 1 is 1.46 bits per heavy atom. The van der Waals surface area contributed by atoms with E-state index >= 15 is 0 Å². The fourth-order valence-corrected chi connectivity index (χ4v) is 3.48. The zero-order chi connectivity index (χ0) is 21.0. The van der Waals surface area contributed by atoms with Crippen molar-refractivity contribution >= 4 is 34.9 Å². The van der Waals surface area contributed by atoms with Crippen LogP contribution in [0.15, 0.2) is 18.2 Å². The number of hydrogen-bond acceptors (Lipinski definition) is 6. The number of esters is 1. The molecule has 1 fully saturated rings. The number of anilines is 1. The summed E-state index contributed by atoms with van der Waals surface area (Å²) in [5, 5.41) is 13.1. The summed E-state index contributed by atoms with van der Waals surface area (Å²) in [6.45, 7) is 2.68. The molecular weight excluding hydrogens is 395 g/mol. The number of halogens is 2. The Labute approximate surface area is 165 Å². The molecule has 0 bridgehead atoms. The lowest BCUT2D eigenvalue weighted by Gasteiger charge is -2.18. The van der Waals surface area contributed by atoms with E-state index < -0.39 is 47.1 Å². The highest BCUT2D eigenvalue weighted by atomic mass is 35.5. The van der Waals surface area contributed by atoms with Crippen molar-refractivity contribution in [2.45, 2.75) is 32.8 Å². The van der Waals surface area contributed by atoms with E-state index in [4.69, 9.17) is 16.3 Å². The van der Waals surface area contributed by atoms with Crippen molar-refractivity contribution in [1.29, 1.82) is 0 Å². The van der Waals surface area contributed by atoms with Crippen LogP contribution in [0.1, 0.15) is 26.7 Å². The van der Waals surface area contributed by atoms with Crippen molar-refractivity contribution in [3.05, 3.63) is 39.2 Å². The van der Waals surface area contributed by atoms with Crippen LogP contribution < -0.4 is 5.32 Å². The predicted octanol–water partition coefficient (Wildman–Crippen LogP) is 2.86. The van der Waals surface area contributed by atoms with Gasteiger partial charge in [0.25, 0.3) is 5.91 Å². The van der Waals surface area contributed by atoms with Crippen molar-refractivity contribution in [3.63, 3.8) is 0 Å². The summed E-state index contributed by atoms with van der Waals surface area (Å²) < 4.78 is 18.2. The molecule has 1 N–H and O–H groups in total. The molecule has 28 heavy (non-hydrogen) atoms. The van der Waals surface area contributed by atoms with Crippen LogP contribution in [0.2, 0.25) is 5.02 Å². The number of carbonyl (C=O) groups is 3. The van der Waals surface area contributed by atoms with Gasteiger partial charge in [-0.3, -0.25) is 24.5 Å². The number of hydrogen-bond donors (Lipinski definition) is 1. The Morgan fingerprint density at radius 3 is 2.75 bits per heavy atom. The smallest absolute Gasteiger partial charge is 0.307 e. The summed E-state index contributed by atoms with van der Waals surface area (Å²) in [5.41, 5.74) is 0.227. The Morgan fingerprint density at radius 2 is 2.14 bits per heavy atom. The average molecular weight is 415 g/mol. The van der Waals surface area contributed by atoms with Crippen LogP contribution in [-0.2, 0) is 19.1 Å². The van der Waals surface area contributed by atoms with Gasteiger partial charge < -0.3 is 10.1 Å². The van der Waals surface area contributed by atoms with Crippen LogP contribution in [0.25, 0.3) is 0 Å². The normalized spacial score (nSPS) is 22.6. The number of Topliss-reactive ketones (excluding diaryl/α,β-unsaturated/α-hetero) is 1. The number of amides is 1. The molecule has 0 aliphatic heterocycles. The molecule has 1 saturated carbocycles. The highest BCUT2D eigenvalue weighted by Crippen LogP contribution is 2.36. The molecule has 0 radical (unpaired) electrons. The molecule has 2 rings (SSSR count). The van der Waals surface area contributed by atoms with Gasteiger partial charge in [0, 0.05) is 28.9 Å². The van der Waals surface area contributed by atoms with E-state index in [2.05, 4.69) is 5.32 Å². The van der Waals surface area contributed by atoms with Crippen molar-refractivity contribution in [3.8, 4) is 0 Å². The third-order valence-corrected chi connectivity index (χ3v) is 5.09. The largest absolute Gasteiger partial charge is 0.453 e. The molecule has 0 unspecified atom stereocenters. The van der Waals surface area contributed by atoms with E-state index in [0.29, 0.717) is 0 Å². The highest BCUT2D eigenvalue weighted by Gasteiger charge is 2.44. The molecule has 0 saturated heterocycles. The van der Waals surface area contributed by atoms with Gasteiger partial charge in [-0.15, -0.1) is 0 Å². The maximum Gasteiger partial charge on any atom is 0.307 e. The fourth-order valence-electron chi connectivity index (χ4n) is 3.30. The Hall–Kier alpha value is -2.55. The molecule has 0 spiro atoms. The van der Waals surface area contributed by atoms with E-state index in [9.17, 15) is 28.9 Å². The van der Waals surface area contributed by atoms with Gasteiger partial charge in [-0.05, 0) is 31.0 Å². The van der Waals surface area contributed by atoms with Crippen molar-refractivity contribution in [2.75, 3.05) is 11.9 Å². The summed E-state index contributed by atoms with van der Waals surface area (Å²) in [6, 6.07) is 3.59. The van der Waals surface area contributed by atoms with Gasteiger partial charge in [0.15, 0.2) is 6.10 Å². The number of nitrogens with zero attached hydrogens (tertiary/aromatic N) is 1. The standard InChI is InChI=1S/C18H20ClFN2O6/c1-9-5-16(23)12(13(9)8-22(26)27)7-17(24)28-10(2)18(25)21-11-3-4-15(20)14(19)6-11/h3-4,6,9-10,12-13H,5,7-8H2,1-2H3,(H,21,25)/t9-,10+,12+,13-/m1/s1. The highest BCUT2D eigenvalue weighted by molar-refractivity contribution is 6.31. The van der Waals surface area contributed by atoms with Crippen LogP contribution in [-0.4, -0.2) is 35.2 Å². The second-order valence-corrected chi connectivity index (χ2v) is 7.29. The molecular formula is C18H20ClFN2O6. The number of benzene rings is 1. The number of nitro groups is 1. The molecule has 152 valence electrons. The first-order valence-corrected chi connectivity index (χ1v) is 9.06. The maximum absolute atomic E-state index is 13.1. The second-order valence-electron chi connectivity index (χ2n) is 6.89. The molecule has 4 atom stereocenters. The Balaban J connectivity index is 1.93. The Kier molecular flexibility index (Phi) is 7.06. The lowest BCUT2D eigenvalue weighted by molar-refractivity contribution is -0.490. The number of ether oxygens (including phenoxy) is 1. The molecule has 1 amide bonds. The maximum atomic E-state index is 13.1. The molecule has 1 aromatic carbocycles. The number of carbonyl (C=O) groups excluding carboxylic acids is 3. The van der Waals surface area contributed by atoms with Crippen LogP contribution in [0.5, 0.6) is 0 Å². The molecule has 1 aromatic rings. The predicted molar refractivity (Wildman–Crippen MR) is 97.8 cm³/mol. The summed E-state index contributed by atoms with van der Waals surface area (Å²) in [5.74, 6) is -3.84. The molecule has 1 aliphatic carbocycles. The molecule has 1 aliphatic rings. The number of nitrogens with one attached hydrogen (secondary N) is 1. The SMILES string of the molecule is C[C@H](OC(=O)C[C@@H]1C(=O)C[C@@H](C)[C@H]1C[N+](=O)[O-])C(=O)Nc1ccc(F)c(Cl)c1.